The molecule has 0 spiro atoms. The second-order valence-electron chi connectivity index (χ2n) is 7.92. The molecule has 29 heavy (non-hydrogen) atoms. The zero-order valence-corrected chi connectivity index (χ0v) is 18.0. The van der Waals surface area contributed by atoms with E-state index in [1.165, 1.54) is 12.0 Å². The highest BCUT2D eigenvalue weighted by molar-refractivity contribution is 6.30. The second-order valence-corrected chi connectivity index (χ2v) is 8.35. The third-order valence-corrected chi connectivity index (χ3v) is 5.34. The van der Waals surface area contributed by atoms with Crippen molar-refractivity contribution in [1.82, 2.24) is 10.2 Å². The van der Waals surface area contributed by atoms with Crippen molar-refractivity contribution in [3.05, 3.63) is 34.9 Å². The largest absolute Gasteiger partial charge is 0.465 e. The monoisotopic (exact) mass is 428 g/mol. The summed E-state index contributed by atoms with van der Waals surface area (Å²) in [7, 11) is 1.29. The number of ether oxygens (including phenoxy) is 3. The van der Waals surface area contributed by atoms with Gasteiger partial charge in [-0.25, -0.2) is 9.59 Å². The van der Waals surface area contributed by atoms with Crippen LogP contribution in [0.5, 0.6) is 0 Å². The number of carbonyl (C=O) groups excluding carboxylic acids is 1. The van der Waals surface area contributed by atoms with Gasteiger partial charge in [0.25, 0.3) is 0 Å². The van der Waals surface area contributed by atoms with Crippen molar-refractivity contribution in [2.45, 2.75) is 32.5 Å². The average molecular weight is 429 g/mol. The van der Waals surface area contributed by atoms with Crippen LogP contribution in [0, 0.1) is 5.41 Å². The molecule has 9 heteroatoms. The van der Waals surface area contributed by atoms with E-state index in [1.54, 1.807) is 12.1 Å². The number of nitrogens with zero attached hydrogens (tertiary/aromatic N) is 1. The van der Waals surface area contributed by atoms with Gasteiger partial charge in [0.1, 0.15) is 11.7 Å². The number of alkyl carbamates (subject to hydrolysis) is 1. The highest BCUT2D eigenvalue weighted by Gasteiger charge is 2.54. The highest BCUT2D eigenvalue weighted by atomic mass is 35.5. The number of halogens is 1. The van der Waals surface area contributed by atoms with Crippen LogP contribution >= 0.6 is 11.6 Å². The molecule has 2 rings (SSSR count). The van der Waals surface area contributed by atoms with Gasteiger partial charge in [-0.15, -0.1) is 0 Å². The number of hydrogen-bond acceptors (Lipinski definition) is 5. The SMILES string of the molecule is COC(=O)NCCO[C@@H](c1cccc(Cl)c1)[C@@]1(C(C)(C)C)CN(C(=O)O)CCO1. The summed E-state index contributed by atoms with van der Waals surface area (Å²) in [4.78, 5) is 24.4. The molecule has 0 aromatic heterocycles. The van der Waals surface area contributed by atoms with E-state index in [4.69, 9.17) is 21.1 Å². The van der Waals surface area contributed by atoms with Gasteiger partial charge in [0.15, 0.2) is 0 Å². The lowest BCUT2D eigenvalue weighted by Gasteiger charge is -2.53. The molecular weight excluding hydrogens is 400 g/mol. The van der Waals surface area contributed by atoms with Gasteiger partial charge in [0.05, 0.1) is 26.9 Å². The minimum absolute atomic E-state index is 0.146. The van der Waals surface area contributed by atoms with Gasteiger partial charge in [0, 0.05) is 18.1 Å². The Morgan fingerprint density at radius 3 is 2.72 bits per heavy atom. The molecule has 1 fully saturated rings. The maximum absolute atomic E-state index is 11.7. The molecule has 2 amide bonds. The summed E-state index contributed by atoms with van der Waals surface area (Å²) in [5.41, 5.74) is -0.651. The lowest BCUT2D eigenvalue weighted by Crippen LogP contribution is -2.63. The van der Waals surface area contributed by atoms with Crippen LogP contribution in [0.25, 0.3) is 0 Å². The van der Waals surface area contributed by atoms with E-state index in [-0.39, 0.29) is 26.3 Å². The molecule has 2 atom stereocenters. The summed E-state index contributed by atoms with van der Waals surface area (Å²) in [6.45, 7) is 7.08. The second kappa shape index (κ2) is 9.65. The van der Waals surface area contributed by atoms with Crippen LogP contribution in [-0.2, 0) is 14.2 Å². The number of methoxy groups -OCH3 is 1. The van der Waals surface area contributed by atoms with Gasteiger partial charge >= 0.3 is 12.2 Å². The molecule has 2 N–H and O–H groups in total. The Labute approximate surface area is 176 Å². The van der Waals surface area contributed by atoms with Gasteiger partial charge in [-0.2, -0.15) is 0 Å². The fourth-order valence-electron chi connectivity index (χ4n) is 3.49. The lowest BCUT2D eigenvalue weighted by atomic mass is 9.70. The predicted molar refractivity (Wildman–Crippen MR) is 108 cm³/mol. The zero-order valence-electron chi connectivity index (χ0n) is 17.2. The number of benzene rings is 1. The van der Waals surface area contributed by atoms with Crippen LogP contribution < -0.4 is 5.32 Å². The van der Waals surface area contributed by atoms with Gasteiger partial charge in [-0.1, -0.05) is 44.5 Å². The lowest BCUT2D eigenvalue weighted by molar-refractivity contribution is -0.226. The third-order valence-electron chi connectivity index (χ3n) is 5.10. The highest BCUT2D eigenvalue weighted by Crippen LogP contribution is 2.47. The molecule has 0 bridgehead atoms. The number of nitrogens with one attached hydrogen (secondary N) is 1. The summed E-state index contributed by atoms with van der Waals surface area (Å²) in [5.74, 6) is 0. The molecule has 1 heterocycles. The van der Waals surface area contributed by atoms with E-state index in [0.29, 0.717) is 11.6 Å². The van der Waals surface area contributed by atoms with Crippen molar-refractivity contribution in [2.75, 3.05) is 40.0 Å². The number of amides is 2. The van der Waals surface area contributed by atoms with Crippen LogP contribution in [0.1, 0.15) is 32.4 Å². The number of carboxylic acid groups (broad SMARTS) is 1. The summed E-state index contributed by atoms with van der Waals surface area (Å²) < 4.78 is 17.1. The zero-order chi connectivity index (χ0) is 21.7. The average Bonchev–Trinajstić information content (AvgIpc) is 2.66. The minimum Gasteiger partial charge on any atom is -0.465 e. The normalized spacial score (nSPS) is 20.8. The van der Waals surface area contributed by atoms with Gasteiger partial charge in [0.2, 0.25) is 0 Å². The molecular formula is C20H29ClN2O6. The Hall–Kier alpha value is -2.03. The fourth-order valence-corrected chi connectivity index (χ4v) is 3.69. The molecule has 0 unspecified atom stereocenters. The molecule has 0 aliphatic carbocycles. The topological polar surface area (TPSA) is 97.3 Å². The van der Waals surface area contributed by atoms with Crippen LogP contribution in [-0.4, -0.2) is 67.8 Å². The summed E-state index contributed by atoms with van der Waals surface area (Å²) in [5, 5.41) is 12.7. The molecule has 162 valence electrons. The maximum Gasteiger partial charge on any atom is 0.407 e. The van der Waals surface area contributed by atoms with Crippen LogP contribution in [0.4, 0.5) is 9.59 Å². The van der Waals surface area contributed by atoms with Crippen LogP contribution in [0.15, 0.2) is 24.3 Å². The van der Waals surface area contributed by atoms with E-state index in [0.717, 1.165) is 5.56 Å². The van der Waals surface area contributed by atoms with Crippen molar-refractivity contribution >= 4 is 23.8 Å². The first-order valence-electron chi connectivity index (χ1n) is 9.41. The quantitative estimate of drug-likeness (QED) is 0.672. The Balaban J connectivity index is 2.39. The standard InChI is InChI=1S/C20H29ClN2O6/c1-19(2,3)20(13-23(18(25)26)9-11-29-20)16(14-6-5-7-15(21)12-14)28-10-8-22-17(24)27-4/h5-7,12,16H,8-11,13H2,1-4H3,(H,22,24)(H,25,26)/t16-,20+/m0/s1. The first-order chi connectivity index (χ1) is 13.6. The van der Waals surface area contributed by atoms with E-state index >= 15 is 0 Å². The van der Waals surface area contributed by atoms with Gasteiger partial charge < -0.3 is 29.5 Å². The molecule has 1 aliphatic heterocycles. The van der Waals surface area contributed by atoms with Gasteiger partial charge in [-0.3, -0.25) is 0 Å². The Bertz CT molecular complexity index is 723. The predicted octanol–water partition coefficient (Wildman–Crippen LogP) is 3.55. The van der Waals surface area contributed by atoms with Gasteiger partial charge in [-0.05, 0) is 23.1 Å². The Kier molecular flexibility index (Phi) is 7.73. The summed E-state index contributed by atoms with van der Waals surface area (Å²) >= 11 is 6.21. The molecule has 0 radical (unpaired) electrons. The fraction of sp³-hybridized carbons (Fsp3) is 0.600. The molecule has 8 nitrogen and oxygen atoms in total. The first-order valence-corrected chi connectivity index (χ1v) is 9.79. The first kappa shape index (κ1) is 23.3. The van der Waals surface area contributed by atoms with Crippen LogP contribution in [0.3, 0.4) is 0 Å². The Morgan fingerprint density at radius 2 is 2.14 bits per heavy atom. The number of carbonyl (C=O) groups is 2. The molecule has 1 aliphatic rings. The van der Waals surface area contributed by atoms with Crippen molar-refractivity contribution in [2.24, 2.45) is 5.41 Å². The smallest absolute Gasteiger partial charge is 0.407 e. The number of hydrogen-bond donors (Lipinski definition) is 2. The molecule has 1 saturated heterocycles. The van der Waals surface area contributed by atoms with E-state index in [2.05, 4.69) is 10.1 Å². The number of morpholine rings is 1. The third kappa shape index (κ3) is 5.52. The van der Waals surface area contributed by atoms with E-state index in [1.807, 2.05) is 32.9 Å². The van der Waals surface area contributed by atoms with E-state index in [9.17, 15) is 14.7 Å². The van der Waals surface area contributed by atoms with Crippen molar-refractivity contribution in [3.63, 3.8) is 0 Å². The van der Waals surface area contributed by atoms with Crippen molar-refractivity contribution < 1.29 is 28.9 Å². The molecule has 0 saturated carbocycles. The number of rotatable bonds is 6. The van der Waals surface area contributed by atoms with E-state index < -0.39 is 29.3 Å². The van der Waals surface area contributed by atoms with Crippen molar-refractivity contribution in [3.8, 4) is 0 Å². The Morgan fingerprint density at radius 1 is 1.41 bits per heavy atom. The summed E-state index contributed by atoms with van der Waals surface area (Å²) in [6, 6.07) is 7.24. The van der Waals surface area contributed by atoms with Crippen LogP contribution in [0.2, 0.25) is 5.02 Å². The summed E-state index contributed by atoms with van der Waals surface area (Å²) in [6.07, 6.45) is -2.16. The minimum atomic E-state index is -1.00. The maximum atomic E-state index is 11.7. The van der Waals surface area contributed by atoms with Crippen molar-refractivity contribution in [1.29, 1.82) is 0 Å². The molecule has 1 aromatic carbocycles. The molecule has 1 aromatic rings.